The number of alkyl halides is 3. The van der Waals surface area contributed by atoms with Crippen LogP contribution in [0.4, 0.5) is 17.6 Å². The summed E-state index contributed by atoms with van der Waals surface area (Å²) >= 11 is 0. The first-order chi connectivity index (χ1) is 7.89. The van der Waals surface area contributed by atoms with Crippen LogP contribution in [-0.4, -0.2) is 11.7 Å². The molecule has 1 aromatic carbocycles. The fraction of sp³-hybridized carbons (Fsp3) is 0.455. The lowest BCUT2D eigenvalue weighted by atomic mass is 9.97. The highest BCUT2D eigenvalue weighted by atomic mass is 19.4. The zero-order chi connectivity index (χ0) is 12.6. The summed E-state index contributed by atoms with van der Waals surface area (Å²) in [6.07, 6.45) is -3.43. The highest BCUT2D eigenvalue weighted by Gasteiger charge is 2.38. The first-order valence-corrected chi connectivity index (χ1v) is 5.22. The van der Waals surface area contributed by atoms with E-state index in [-0.39, 0.29) is 5.56 Å². The minimum absolute atomic E-state index is 0.253. The number of hydrogen-bond donors (Lipinski definition) is 2. The molecular formula is C11H11F4NO. The lowest BCUT2D eigenvalue weighted by molar-refractivity contribution is -0.138. The van der Waals surface area contributed by atoms with E-state index in [9.17, 15) is 22.7 Å². The number of hydrogen-bond acceptors (Lipinski definition) is 2. The van der Waals surface area contributed by atoms with Crippen molar-refractivity contribution in [3.8, 4) is 5.75 Å². The van der Waals surface area contributed by atoms with Crippen LogP contribution in [0.1, 0.15) is 30.0 Å². The monoisotopic (exact) mass is 249 g/mol. The third-order valence-corrected chi connectivity index (χ3v) is 2.84. The molecule has 1 atom stereocenters. The van der Waals surface area contributed by atoms with Crippen molar-refractivity contribution in [1.29, 1.82) is 0 Å². The van der Waals surface area contributed by atoms with E-state index in [4.69, 9.17) is 0 Å². The van der Waals surface area contributed by atoms with Crippen molar-refractivity contribution >= 4 is 0 Å². The maximum Gasteiger partial charge on any atom is 0.416 e. The molecule has 94 valence electrons. The van der Waals surface area contributed by atoms with Crippen molar-refractivity contribution in [3.05, 3.63) is 29.1 Å². The normalized spacial score (nSPS) is 20.8. The summed E-state index contributed by atoms with van der Waals surface area (Å²) in [7, 11) is 0. The van der Waals surface area contributed by atoms with Gasteiger partial charge in [-0.2, -0.15) is 13.2 Å². The van der Waals surface area contributed by atoms with Gasteiger partial charge in [0.1, 0.15) is 11.6 Å². The second-order valence-corrected chi connectivity index (χ2v) is 4.03. The molecule has 2 rings (SSSR count). The number of nitrogens with one attached hydrogen (secondary N) is 1. The van der Waals surface area contributed by atoms with Crippen LogP contribution in [0, 0.1) is 5.82 Å². The van der Waals surface area contributed by atoms with Gasteiger partial charge in [0.05, 0.1) is 5.56 Å². The summed E-state index contributed by atoms with van der Waals surface area (Å²) in [5.41, 5.74) is -1.36. The van der Waals surface area contributed by atoms with Crippen molar-refractivity contribution < 1.29 is 22.7 Å². The van der Waals surface area contributed by atoms with Gasteiger partial charge in [-0.15, -0.1) is 0 Å². The number of rotatable bonds is 1. The van der Waals surface area contributed by atoms with Gasteiger partial charge >= 0.3 is 6.18 Å². The summed E-state index contributed by atoms with van der Waals surface area (Å²) in [6.45, 7) is 0.596. The van der Waals surface area contributed by atoms with Crippen LogP contribution in [0.15, 0.2) is 12.1 Å². The Morgan fingerprint density at radius 1 is 1.29 bits per heavy atom. The Morgan fingerprint density at radius 2 is 2.00 bits per heavy atom. The number of benzene rings is 1. The number of halogens is 4. The molecule has 2 N–H and O–H groups in total. The maximum atomic E-state index is 12.9. The molecule has 0 radical (unpaired) electrons. The van der Waals surface area contributed by atoms with Crippen LogP contribution in [0.2, 0.25) is 0 Å². The van der Waals surface area contributed by atoms with Gasteiger partial charge in [-0.1, -0.05) is 0 Å². The quantitative estimate of drug-likeness (QED) is 0.750. The Balaban J connectivity index is 2.54. The molecule has 1 fully saturated rings. The Labute approximate surface area is 95.3 Å². The predicted molar refractivity (Wildman–Crippen MR) is 53.0 cm³/mol. The van der Waals surface area contributed by atoms with Gasteiger partial charge in [-0.3, -0.25) is 0 Å². The second kappa shape index (κ2) is 4.18. The third kappa shape index (κ3) is 2.36. The number of phenolic OH excluding ortho intramolecular Hbond substituents is 1. The molecule has 1 aromatic rings. The van der Waals surface area contributed by atoms with Crippen LogP contribution < -0.4 is 5.32 Å². The molecule has 0 aromatic heterocycles. The second-order valence-electron chi connectivity index (χ2n) is 4.03. The minimum atomic E-state index is -4.67. The molecule has 6 heteroatoms. The molecule has 0 amide bonds. The van der Waals surface area contributed by atoms with Gasteiger partial charge in [0, 0.05) is 17.7 Å². The third-order valence-electron chi connectivity index (χ3n) is 2.84. The van der Waals surface area contributed by atoms with Crippen LogP contribution in [0.25, 0.3) is 0 Å². The molecular weight excluding hydrogens is 238 g/mol. The molecule has 0 spiro atoms. The molecule has 1 aliphatic heterocycles. The van der Waals surface area contributed by atoms with Crippen LogP contribution in [0.5, 0.6) is 5.75 Å². The lowest BCUT2D eigenvalue weighted by Crippen LogP contribution is -2.19. The SMILES string of the molecule is Oc1cc(F)cc(C(F)(F)F)c1[C@H]1CCCN1. The molecule has 1 saturated heterocycles. The van der Waals surface area contributed by atoms with E-state index in [0.717, 1.165) is 6.42 Å². The number of phenols is 1. The molecule has 0 unspecified atom stereocenters. The fourth-order valence-corrected chi connectivity index (χ4v) is 2.14. The first kappa shape index (κ1) is 12.2. The summed E-state index contributed by atoms with van der Waals surface area (Å²) in [6, 6.07) is 0.576. The van der Waals surface area contributed by atoms with Gasteiger partial charge in [0.25, 0.3) is 0 Å². The van der Waals surface area contributed by atoms with E-state index in [0.29, 0.717) is 25.1 Å². The topological polar surface area (TPSA) is 32.3 Å². The Morgan fingerprint density at radius 3 is 2.53 bits per heavy atom. The maximum absolute atomic E-state index is 12.9. The molecule has 1 heterocycles. The average Bonchev–Trinajstić information content (AvgIpc) is 2.67. The smallest absolute Gasteiger partial charge is 0.416 e. The van der Waals surface area contributed by atoms with Crippen LogP contribution in [-0.2, 0) is 6.18 Å². The Bertz CT molecular complexity index is 424. The van der Waals surface area contributed by atoms with Gasteiger partial charge in [0.15, 0.2) is 0 Å². The van der Waals surface area contributed by atoms with E-state index in [1.807, 2.05) is 0 Å². The zero-order valence-corrected chi connectivity index (χ0v) is 8.81. The van der Waals surface area contributed by atoms with Crippen LogP contribution >= 0.6 is 0 Å². The molecule has 0 aliphatic carbocycles. The van der Waals surface area contributed by atoms with Crippen molar-refractivity contribution in [2.75, 3.05) is 6.54 Å². The van der Waals surface area contributed by atoms with Gasteiger partial charge in [-0.05, 0) is 25.5 Å². The largest absolute Gasteiger partial charge is 0.507 e. The average molecular weight is 249 g/mol. The van der Waals surface area contributed by atoms with Gasteiger partial charge in [0.2, 0.25) is 0 Å². The van der Waals surface area contributed by atoms with E-state index in [1.54, 1.807) is 0 Å². The van der Waals surface area contributed by atoms with Crippen molar-refractivity contribution in [2.45, 2.75) is 25.1 Å². The summed E-state index contributed by atoms with van der Waals surface area (Å²) in [4.78, 5) is 0. The van der Waals surface area contributed by atoms with E-state index < -0.39 is 29.3 Å². The fourth-order valence-electron chi connectivity index (χ4n) is 2.14. The molecule has 0 bridgehead atoms. The number of aromatic hydroxyl groups is 1. The highest BCUT2D eigenvalue weighted by Crippen LogP contribution is 2.41. The van der Waals surface area contributed by atoms with Crippen LogP contribution in [0.3, 0.4) is 0 Å². The minimum Gasteiger partial charge on any atom is -0.507 e. The summed E-state index contributed by atoms with van der Waals surface area (Å²) in [5.74, 6) is -1.73. The first-order valence-electron chi connectivity index (χ1n) is 5.22. The molecule has 17 heavy (non-hydrogen) atoms. The van der Waals surface area contributed by atoms with Gasteiger partial charge < -0.3 is 10.4 Å². The standard InChI is InChI=1S/C11H11F4NO/c12-6-4-7(11(13,14)15)10(9(17)5-6)8-2-1-3-16-8/h4-5,8,16-17H,1-3H2/t8-/m1/s1. The zero-order valence-electron chi connectivity index (χ0n) is 8.81. The molecule has 2 nitrogen and oxygen atoms in total. The highest BCUT2D eigenvalue weighted by molar-refractivity contribution is 5.44. The van der Waals surface area contributed by atoms with Gasteiger partial charge in [-0.25, -0.2) is 4.39 Å². The Kier molecular flexibility index (Phi) is 2.99. The van der Waals surface area contributed by atoms with E-state index in [1.165, 1.54) is 0 Å². The lowest BCUT2D eigenvalue weighted by Gasteiger charge is -2.19. The van der Waals surface area contributed by atoms with Crippen molar-refractivity contribution in [2.24, 2.45) is 0 Å². The predicted octanol–water partition coefficient (Wildman–Crippen LogP) is 2.97. The van der Waals surface area contributed by atoms with E-state index in [2.05, 4.69) is 5.32 Å². The summed E-state index contributed by atoms with van der Waals surface area (Å²) in [5, 5.41) is 12.4. The van der Waals surface area contributed by atoms with Crippen molar-refractivity contribution in [3.63, 3.8) is 0 Å². The Hall–Kier alpha value is -1.30. The summed E-state index contributed by atoms with van der Waals surface area (Å²) < 4.78 is 51.2. The molecule has 1 aliphatic rings. The van der Waals surface area contributed by atoms with E-state index >= 15 is 0 Å². The van der Waals surface area contributed by atoms with Crippen molar-refractivity contribution in [1.82, 2.24) is 5.32 Å². The molecule has 0 saturated carbocycles.